The van der Waals surface area contributed by atoms with Crippen molar-refractivity contribution in [3.8, 4) is 0 Å². The van der Waals surface area contributed by atoms with Crippen LogP contribution in [0.15, 0.2) is 5.11 Å². The van der Waals surface area contributed by atoms with Gasteiger partial charge in [-0.15, -0.1) is 0 Å². The lowest BCUT2D eigenvalue weighted by Gasteiger charge is -2.12. The molecule has 0 spiro atoms. The number of rotatable bonds is 16. The molecule has 0 aromatic carbocycles. The van der Waals surface area contributed by atoms with Crippen LogP contribution in [0, 0.1) is 0 Å². The second-order valence-corrected chi connectivity index (χ2v) is 5.18. The Morgan fingerprint density at radius 1 is 0.857 bits per heavy atom. The van der Waals surface area contributed by atoms with Gasteiger partial charge in [0, 0.05) is 24.3 Å². The quantitative estimate of drug-likeness (QED) is 0.0895. The Bertz CT molecular complexity index is 524. The van der Waals surface area contributed by atoms with Crippen molar-refractivity contribution in [1.82, 2.24) is 5.06 Å². The largest absolute Gasteiger partial charge is 0.534 e. The second kappa shape index (κ2) is 15.6. The molecule has 0 radical (unpaired) electrons. The lowest BCUT2D eigenvalue weighted by atomic mass is 10.4. The molecule has 0 saturated carbocycles. The van der Waals surface area contributed by atoms with Gasteiger partial charge in [-0.2, -0.15) is 0 Å². The molecule has 1 aliphatic heterocycles. The van der Waals surface area contributed by atoms with Gasteiger partial charge in [0.2, 0.25) is 0 Å². The van der Waals surface area contributed by atoms with Crippen molar-refractivity contribution in [3.63, 3.8) is 0 Å². The molecule has 158 valence electrons. The zero-order valence-corrected chi connectivity index (χ0v) is 15.4. The first kappa shape index (κ1) is 23.6. The summed E-state index contributed by atoms with van der Waals surface area (Å²) in [5.74, 6) is -1.14. The lowest BCUT2D eigenvalue weighted by Crippen LogP contribution is -2.32. The van der Waals surface area contributed by atoms with Crippen LogP contribution >= 0.6 is 0 Å². The van der Waals surface area contributed by atoms with Crippen LogP contribution in [0.4, 0.5) is 4.79 Å². The zero-order valence-electron chi connectivity index (χ0n) is 15.4. The first-order chi connectivity index (χ1) is 13.6. The first-order valence-electron chi connectivity index (χ1n) is 8.67. The number of ether oxygens (including phenoxy) is 5. The molecule has 28 heavy (non-hydrogen) atoms. The summed E-state index contributed by atoms with van der Waals surface area (Å²) in [7, 11) is 0. The maximum Gasteiger partial charge on any atom is 0.534 e. The van der Waals surface area contributed by atoms with E-state index < -0.39 is 18.0 Å². The van der Waals surface area contributed by atoms with Gasteiger partial charge < -0.3 is 23.7 Å². The summed E-state index contributed by atoms with van der Waals surface area (Å²) in [6, 6.07) is 0. The Balaban J connectivity index is 1.80. The molecule has 0 N–H and O–H groups in total. The first-order valence-corrected chi connectivity index (χ1v) is 8.67. The fourth-order valence-electron chi connectivity index (χ4n) is 1.85. The van der Waals surface area contributed by atoms with Gasteiger partial charge in [-0.25, -0.2) is 4.79 Å². The summed E-state index contributed by atoms with van der Waals surface area (Å²) >= 11 is 0. The van der Waals surface area contributed by atoms with Gasteiger partial charge in [0.1, 0.15) is 6.61 Å². The van der Waals surface area contributed by atoms with E-state index in [1.54, 1.807) is 0 Å². The third-order valence-corrected chi connectivity index (χ3v) is 3.13. The highest BCUT2D eigenvalue weighted by Gasteiger charge is 2.33. The number of azide groups is 1. The molecule has 0 unspecified atom stereocenters. The Labute approximate surface area is 161 Å². The monoisotopic (exact) mass is 404 g/mol. The molecular formula is C15H24N4O9. The highest BCUT2D eigenvalue weighted by Crippen LogP contribution is 2.12. The smallest absolute Gasteiger partial charge is 0.430 e. The van der Waals surface area contributed by atoms with Crippen molar-refractivity contribution in [2.75, 3.05) is 66.0 Å². The SMILES string of the molecule is [N-]=[N+]=NCCOCCOCCOCCOCCOC(=O)ON1C(=O)CCC1=O. The Morgan fingerprint density at radius 2 is 1.32 bits per heavy atom. The predicted molar refractivity (Wildman–Crippen MR) is 90.8 cm³/mol. The molecule has 0 aliphatic carbocycles. The Morgan fingerprint density at radius 3 is 1.82 bits per heavy atom. The summed E-state index contributed by atoms with van der Waals surface area (Å²) < 4.78 is 25.6. The van der Waals surface area contributed by atoms with Crippen LogP contribution < -0.4 is 0 Å². The van der Waals surface area contributed by atoms with E-state index in [0.29, 0.717) is 57.9 Å². The van der Waals surface area contributed by atoms with Gasteiger partial charge in [0.05, 0.1) is 52.9 Å². The minimum atomic E-state index is -1.14. The van der Waals surface area contributed by atoms with Gasteiger partial charge in [0.25, 0.3) is 11.8 Å². The number of imide groups is 1. The molecule has 2 amide bonds. The van der Waals surface area contributed by atoms with Crippen LogP contribution in [-0.4, -0.2) is 89.0 Å². The number of nitrogens with zero attached hydrogens (tertiary/aromatic N) is 4. The third kappa shape index (κ3) is 11.3. The van der Waals surface area contributed by atoms with E-state index in [4.69, 9.17) is 24.5 Å². The van der Waals surface area contributed by atoms with E-state index in [-0.39, 0.29) is 26.1 Å². The van der Waals surface area contributed by atoms with Crippen LogP contribution in [0.1, 0.15) is 12.8 Å². The van der Waals surface area contributed by atoms with Crippen LogP contribution in [0.3, 0.4) is 0 Å². The normalized spacial score (nSPS) is 13.5. The average molecular weight is 404 g/mol. The summed E-state index contributed by atoms with van der Waals surface area (Å²) in [6.45, 7) is 2.94. The second-order valence-electron chi connectivity index (χ2n) is 5.18. The number of hydroxylamine groups is 2. The number of amides is 2. The summed E-state index contributed by atoms with van der Waals surface area (Å²) in [5.41, 5.74) is 8.06. The molecule has 0 aromatic heterocycles. The molecule has 13 heteroatoms. The van der Waals surface area contributed by atoms with Crippen molar-refractivity contribution in [2.24, 2.45) is 5.11 Å². The minimum Gasteiger partial charge on any atom is -0.430 e. The third-order valence-electron chi connectivity index (χ3n) is 3.13. The fraction of sp³-hybridized carbons (Fsp3) is 0.800. The number of carbonyl (C=O) groups is 3. The van der Waals surface area contributed by atoms with Crippen molar-refractivity contribution in [1.29, 1.82) is 0 Å². The van der Waals surface area contributed by atoms with E-state index in [1.807, 2.05) is 0 Å². The molecule has 0 bridgehead atoms. The lowest BCUT2D eigenvalue weighted by molar-refractivity contribution is -0.177. The van der Waals surface area contributed by atoms with Crippen molar-refractivity contribution in [3.05, 3.63) is 10.4 Å². The predicted octanol–water partition coefficient (Wildman–Crippen LogP) is 0.580. The summed E-state index contributed by atoms with van der Waals surface area (Å²) in [5, 5.41) is 3.74. The van der Waals surface area contributed by atoms with Crippen LogP contribution in [0.5, 0.6) is 0 Å². The van der Waals surface area contributed by atoms with Gasteiger partial charge >= 0.3 is 6.16 Å². The Kier molecular flexibility index (Phi) is 13.1. The van der Waals surface area contributed by atoms with E-state index in [9.17, 15) is 14.4 Å². The number of hydrogen-bond donors (Lipinski definition) is 0. The molecule has 1 aliphatic rings. The molecule has 1 rings (SSSR count). The van der Waals surface area contributed by atoms with E-state index >= 15 is 0 Å². The van der Waals surface area contributed by atoms with Crippen molar-refractivity contribution < 1.29 is 42.9 Å². The van der Waals surface area contributed by atoms with E-state index in [1.165, 1.54) is 0 Å². The van der Waals surface area contributed by atoms with Crippen molar-refractivity contribution >= 4 is 18.0 Å². The zero-order chi connectivity index (χ0) is 20.5. The molecule has 13 nitrogen and oxygen atoms in total. The average Bonchev–Trinajstić information content (AvgIpc) is 2.99. The minimum absolute atomic E-state index is 0.0207. The maximum absolute atomic E-state index is 11.3. The Hall–Kier alpha value is -2.44. The van der Waals surface area contributed by atoms with E-state index in [2.05, 4.69) is 19.6 Å². The summed E-state index contributed by atoms with van der Waals surface area (Å²) in [4.78, 5) is 40.9. The van der Waals surface area contributed by atoms with Crippen LogP contribution in [0.25, 0.3) is 10.4 Å². The van der Waals surface area contributed by atoms with Crippen molar-refractivity contribution in [2.45, 2.75) is 12.8 Å². The molecular weight excluding hydrogens is 380 g/mol. The van der Waals surface area contributed by atoms with Gasteiger partial charge in [-0.3, -0.25) is 14.4 Å². The van der Waals surface area contributed by atoms with Crippen LogP contribution in [-0.2, 0) is 38.1 Å². The fourth-order valence-corrected chi connectivity index (χ4v) is 1.85. The molecule has 1 heterocycles. The number of carbonyl (C=O) groups excluding carboxylic acids is 3. The molecule has 0 atom stereocenters. The highest BCUT2D eigenvalue weighted by molar-refractivity contribution is 6.01. The van der Waals surface area contributed by atoms with E-state index in [0.717, 1.165) is 0 Å². The van der Waals surface area contributed by atoms with Gasteiger partial charge in [0.15, 0.2) is 0 Å². The summed E-state index contributed by atoms with van der Waals surface area (Å²) in [6.07, 6.45) is -1.10. The van der Waals surface area contributed by atoms with Crippen LogP contribution in [0.2, 0.25) is 0 Å². The van der Waals surface area contributed by atoms with Gasteiger partial charge in [-0.05, 0) is 5.53 Å². The molecule has 1 saturated heterocycles. The highest BCUT2D eigenvalue weighted by atomic mass is 16.8. The topological polar surface area (TPSA) is 159 Å². The molecule has 1 fully saturated rings. The molecule has 0 aromatic rings. The van der Waals surface area contributed by atoms with Gasteiger partial charge in [-0.1, -0.05) is 10.2 Å². The number of hydrogen-bond acceptors (Lipinski definition) is 10. The standard InChI is InChI=1S/C15H24N4O9/c16-18-17-3-4-23-5-6-24-7-8-25-9-10-26-11-12-27-15(22)28-19-13(20)1-2-14(19)21/h1-12H2. The maximum atomic E-state index is 11.3.